The smallest absolute Gasteiger partial charge is 0.254 e. The van der Waals surface area contributed by atoms with Crippen LogP contribution in [0.15, 0.2) is 48.5 Å². The van der Waals surface area contributed by atoms with E-state index >= 15 is 0 Å². The fourth-order valence-corrected chi connectivity index (χ4v) is 2.38. The first kappa shape index (κ1) is 15.5. The third-order valence-electron chi connectivity index (χ3n) is 3.26. The summed E-state index contributed by atoms with van der Waals surface area (Å²) in [6, 6.07) is 13.5. The van der Waals surface area contributed by atoms with Crippen molar-refractivity contribution in [2.75, 3.05) is 0 Å². The first-order valence-electron chi connectivity index (χ1n) is 6.92. The average Bonchev–Trinajstić information content (AvgIpc) is 2.50. The van der Waals surface area contributed by atoms with Crippen LogP contribution in [0.5, 0.6) is 0 Å². The van der Waals surface area contributed by atoms with Gasteiger partial charge in [0.1, 0.15) is 5.82 Å². The number of benzene rings is 2. The van der Waals surface area contributed by atoms with Crippen LogP contribution in [0.1, 0.15) is 41.7 Å². The lowest BCUT2D eigenvalue weighted by atomic mass is 10.0. The summed E-state index contributed by atoms with van der Waals surface area (Å²) < 4.78 is 13.7. The number of carbonyl (C=O) groups excluding carboxylic acids is 1. The normalized spacial score (nSPS) is 12.0. The minimum absolute atomic E-state index is 0.0282. The summed E-state index contributed by atoms with van der Waals surface area (Å²) in [7, 11) is 0. The molecule has 1 N–H and O–H groups in total. The van der Waals surface area contributed by atoms with Crippen LogP contribution in [0.2, 0.25) is 5.02 Å². The summed E-state index contributed by atoms with van der Waals surface area (Å²) in [5.41, 5.74) is 0.981. The van der Waals surface area contributed by atoms with Crippen molar-refractivity contribution < 1.29 is 9.18 Å². The third kappa shape index (κ3) is 4.05. The number of amides is 1. The van der Waals surface area contributed by atoms with Gasteiger partial charge in [-0.2, -0.15) is 0 Å². The molecule has 2 aromatic carbocycles. The minimum atomic E-state index is -0.569. The highest BCUT2D eigenvalue weighted by molar-refractivity contribution is 6.31. The summed E-state index contributed by atoms with van der Waals surface area (Å²) >= 11 is 5.83. The Hall–Kier alpha value is -1.87. The maximum Gasteiger partial charge on any atom is 0.254 e. The van der Waals surface area contributed by atoms with Gasteiger partial charge in [0.25, 0.3) is 5.91 Å². The molecule has 1 atom stereocenters. The van der Waals surface area contributed by atoms with Crippen molar-refractivity contribution in [2.45, 2.75) is 25.8 Å². The van der Waals surface area contributed by atoms with Crippen LogP contribution in [0.25, 0.3) is 0 Å². The summed E-state index contributed by atoms with van der Waals surface area (Å²) in [5, 5.41) is 3.22. The Morgan fingerprint density at radius 1 is 1.24 bits per heavy atom. The topological polar surface area (TPSA) is 29.1 Å². The lowest BCUT2D eigenvalue weighted by Gasteiger charge is -2.19. The predicted octanol–water partition coefficient (Wildman–Crippen LogP) is 4.75. The Morgan fingerprint density at radius 2 is 1.95 bits per heavy atom. The van der Waals surface area contributed by atoms with Crippen LogP contribution in [0.4, 0.5) is 4.39 Å². The second-order valence-electron chi connectivity index (χ2n) is 4.85. The maximum absolute atomic E-state index is 13.7. The van der Waals surface area contributed by atoms with E-state index in [0.717, 1.165) is 18.4 Å². The Bertz CT molecular complexity index is 615. The molecule has 1 amide bonds. The zero-order valence-corrected chi connectivity index (χ0v) is 12.5. The molecule has 0 radical (unpaired) electrons. The van der Waals surface area contributed by atoms with Crippen LogP contribution in [0.3, 0.4) is 0 Å². The second kappa shape index (κ2) is 7.23. The first-order valence-corrected chi connectivity index (χ1v) is 7.30. The van der Waals surface area contributed by atoms with Crippen LogP contribution in [-0.4, -0.2) is 5.91 Å². The van der Waals surface area contributed by atoms with E-state index in [9.17, 15) is 9.18 Å². The molecular weight excluding hydrogens is 289 g/mol. The molecule has 4 heteroatoms. The van der Waals surface area contributed by atoms with Gasteiger partial charge in [-0.3, -0.25) is 4.79 Å². The number of rotatable bonds is 5. The fraction of sp³-hybridized carbons (Fsp3) is 0.235. The second-order valence-corrected chi connectivity index (χ2v) is 5.29. The molecule has 0 aliphatic carbocycles. The summed E-state index contributed by atoms with van der Waals surface area (Å²) in [5.74, 6) is -1.02. The fourth-order valence-electron chi connectivity index (χ4n) is 2.20. The van der Waals surface area contributed by atoms with Gasteiger partial charge >= 0.3 is 0 Å². The van der Waals surface area contributed by atoms with Crippen molar-refractivity contribution in [3.63, 3.8) is 0 Å². The van der Waals surface area contributed by atoms with Crippen molar-refractivity contribution >= 4 is 17.5 Å². The first-order chi connectivity index (χ1) is 10.1. The molecule has 0 saturated carbocycles. The number of hydrogen-bond acceptors (Lipinski definition) is 1. The van der Waals surface area contributed by atoms with Gasteiger partial charge in [0.2, 0.25) is 0 Å². The lowest BCUT2D eigenvalue weighted by Crippen LogP contribution is -2.29. The molecule has 21 heavy (non-hydrogen) atoms. The van der Waals surface area contributed by atoms with Crippen molar-refractivity contribution in [1.29, 1.82) is 0 Å². The van der Waals surface area contributed by atoms with Crippen LogP contribution in [0, 0.1) is 5.82 Å². The SMILES string of the molecule is CCCC(NC(=O)c1cc(Cl)ccc1F)c1ccccc1. The van der Waals surface area contributed by atoms with Crippen molar-refractivity contribution in [1.82, 2.24) is 5.32 Å². The van der Waals surface area contributed by atoms with E-state index in [4.69, 9.17) is 11.6 Å². The molecule has 110 valence electrons. The van der Waals surface area contributed by atoms with Crippen LogP contribution >= 0.6 is 11.6 Å². The number of nitrogens with one attached hydrogen (secondary N) is 1. The minimum Gasteiger partial charge on any atom is -0.345 e. The van der Waals surface area contributed by atoms with Gasteiger partial charge in [-0.15, -0.1) is 0 Å². The van der Waals surface area contributed by atoms with Gasteiger partial charge < -0.3 is 5.32 Å². The van der Waals surface area contributed by atoms with Gasteiger partial charge in [0.05, 0.1) is 11.6 Å². The van der Waals surface area contributed by atoms with Gasteiger partial charge in [-0.25, -0.2) is 4.39 Å². The zero-order chi connectivity index (χ0) is 15.2. The van der Waals surface area contributed by atoms with E-state index in [0.29, 0.717) is 5.02 Å². The summed E-state index contributed by atoms with van der Waals surface area (Å²) in [4.78, 5) is 12.3. The van der Waals surface area contributed by atoms with Crippen molar-refractivity contribution in [3.8, 4) is 0 Å². The molecule has 0 aliphatic rings. The number of halogens is 2. The molecule has 0 heterocycles. The number of carbonyl (C=O) groups is 1. The van der Waals surface area contributed by atoms with Gasteiger partial charge in [0.15, 0.2) is 0 Å². The monoisotopic (exact) mass is 305 g/mol. The van der Waals surface area contributed by atoms with E-state index < -0.39 is 11.7 Å². The van der Waals surface area contributed by atoms with Crippen molar-refractivity contribution in [2.24, 2.45) is 0 Å². The highest BCUT2D eigenvalue weighted by Crippen LogP contribution is 2.20. The van der Waals surface area contributed by atoms with Crippen LogP contribution < -0.4 is 5.32 Å². The highest BCUT2D eigenvalue weighted by Gasteiger charge is 2.17. The lowest BCUT2D eigenvalue weighted by molar-refractivity contribution is 0.0930. The molecule has 2 aromatic rings. The Kier molecular flexibility index (Phi) is 5.34. The standard InChI is InChI=1S/C17H17ClFNO/c1-2-6-16(12-7-4-3-5-8-12)20-17(21)14-11-13(18)9-10-15(14)19/h3-5,7-11,16H,2,6H2,1H3,(H,20,21). The molecular formula is C17H17ClFNO. The Labute approximate surface area is 128 Å². The average molecular weight is 306 g/mol. The summed E-state index contributed by atoms with van der Waals surface area (Å²) in [6.45, 7) is 2.04. The van der Waals surface area contributed by atoms with Crippen molar-refractivity contribution in [3.05, 3.63) is 70.5 Å². The summed E-state index contributed by atoms with van der Waals surface area (Å²) in [6.07, 6.45) is 1.70. The predicted molar refractivity (Wildman–Crippen MR) is 83.0 cm³/mol. The molecule has 2 rings (SSSR count). The molecule has 1 unspecified atom stereocenters. The van der Waals surface area contributed by atoms with E-state index in [2.05, 4.69) is 5.32 Å². The molecule has 0 spiro atoms. The van der Waals surface area contributed by atoms with Crippen LogP contribution in [-0.2, 0) is 0 Å². The van der Waals surface area contributed by atoms with Gasteiger partial charge in [-0.05, 0) is 30.2 Å². The molecule has 2 nitrogen and oxygen atoms in total. The molecule has 0 saturated heterocycles. The van der Waals surface area contributed by atoms with Gasteiger partial charge in [-0.1, -0.05) is 55.3 Å². The molecule has 0 aliphatic heterocycles. The molecule has 0 fully saturated rings. The maximum atomic E-state index is 13.7. The highest BCUT2D eigenvalue weighted by atomic mass is 35.5. The Balaban J connectivity index is 2.20. The van der Waals surface area contributed by atoms with E-state index in [1.807, 2.05) is 37.3 Å². The quantitative estimate of drug-likeness (QED) is 0.848. The Morgan fingerprint density at radius 3 is 2.62 bits per heavy atom. The van der Waals surface area contributed by atoms with Gasteiger partial charge in [0, 0.05) is 5.02 Å². The van der Waals surface area contributed by atoms with E-state index in [1.54, 1.807) is 0 Å². The zero-order valence-electron chi connectivity index (χ0n) is 11.8. The molecule has 0 bridgehead atoms. The van der Waals surface area contributed by atoms with E-state index in [-0.39, 0.29) is 11.6 Å². The van der Waals surface area contributed by atoms with E-state index in [1.165, 1.54) is 18.2 Å². The third-order valence-corrected chi connectivity index (χ3v) is 3.49. The largest absolute Gasteiger partial charge is 0.345 e. The molecule has 0 aromatic heterocycles. The number of hydrogen-bond donors (Lipinski definition) is 1.